The number of aryl methyl sites for hydroxylation is 1. The van der Waals surface area contributed by atoms with Gasteiger partial charge in [0, 0.05) is 35.9 Å². The van der Waals surface area contributed by atoms with E-state index < -0.39 is 0 Å². The van der Waals surface area contributed by atoms with E-state index >= 15 is 0 Å². The Kier molecular flexibility index (Phi) is 4.69. The van der Waals surface area contributed by atoms with Crippen LogP contribution < -0.4 is 5.32 Å². The number of hydrogen-bond donors (Lipinski definition) is 1. The van der Waals surface area contributed by atoms with Crippen LogP contribution in [0.2, 0.25) is 0 Å². The fourth-order valence-electron chi connectivity index (χ4n) is 4.14. The van der Waals surface area contributed by atoms with Gasteiger partial charge in [0.25, 0.3) is 0 Å². The molecule has 1 aliphatic carbocycles. The molecule has 6 heteroatoms. The van der Waals surface area contributed by atoms with Crippen LogP contribution >= 0.6 is 0 Å². The zero-order valence-corrected chi connectivity index (χ0v) is 16.5. The molecule has 1 N–H and O–H groups in total. The average Bonchev–Trinajstić information content (AvgIpc) is 3.40. The van der Waals surface area contributed by atoms with Crippen molar-refractivity contribution in [2.24, 2.45) is 0 Å². The van der Waals surface area contributed by atoms with E-state index in [-0.39, 0.29) is 6.04 Å². The SMILES string of the molecule is Cc1cccc(-n2ccnc2CN[C@H]2CCCc3c2cnn3-c2ccccn2)c1. The molecule has 4 aromatic rings. The van der Waals surface area contributed by atoms with Crippen molar-refractivity contribution in [1.29, 1.82) is 0 Å². The summed E-state index contributed by atoms with van der Waals surface area (Å²) in [5, 5.41) is 8.34. The number of imidazole rings is 1. The molecule has 0 unspecified atom stereocenters. The number of pyridine rings is 1. The highest BCUT2D eigenvalue weighted by Gasteiger charge is 2.25. The Labute approximate surface area is 170 Å². The van der Waals surface area contributed by atoms with Crippen LogP contribution in [0.5, 0.6) is 0 Å². The Bertz CT molecular complexity index is 1110. The third-order valence-electron chi connectivity index (χ3n) is 5.55. The summed E-state index contributed by atoms with van der Waals surface area (Å²) in [6, 6.07) is 14.7. The van der Waals surface area contributed by atoms with Gasteiger partial charge in [0.2, 0.25) is 0 Å². The van der Waals surface area contributed by atoms with Crippen LogP contribution in [0.1, 0.15) is 41.5 Å². The van der Waals surface area contributed by atoms with Crippen molar-refractivity contribution >= 4 is 0 Å². The number of benzene rings is 1. The fraction of sp³-hybridized carbons (Fsp3) is 0.261. The first-order chi connectivity index (χ1) is 14.3. The van der Waals surface area contributed by atoms with Crippen LogP contribution in [0.15, 0.2) is 67.3 Å². The number of fused-ring (bicyclic) bond motifs is 1. The summed E-state index contributed by atoms with van der Waals surface area (Å²) >= 11 is 0. The van der Waals surface area contributed by atoms with Gasteiger partial charge in [0.05, 0.1) is 18.4 Å². The molecule has 5 rings (SSSR count). The zero-order valence-electron chi connectivity index (χ0n) is 16.5. The van der Waals surface area contributed by atoms with E-state index in [0.717, 1.165) is 36.6 Å². The molecule has 3 heterocycles. The first-order valence-corrected chi connectivity index (χ1v) is 10.1. The standard InChI is InChI=1S/C23H24N6/c1-17-6-4-7-18(14-17)28-13-12-25-23(28)16-26-20-8-5-9-21-19(20)15-27-29(21)22-10-2-3-11-24-22/h2-4,6-7,10-15,20,26H,5,8-9,16H2,1H3/t20-/m0/s1. The molecule has 3 aromatic heterocycles. The molecule has 0 amide bonds. The van der Waals surface area contributed by atoms with Crippen molar-refractivity contribution in [2.45, 2.75) is 38.8 Å². The van der Waals surface area contributed by atoms with Crippen LogP contribution in [0.3, 0.4) is 0 Å². The lowest BCUT2D eigenvalue weighted by atomic mass is 9.93. The van der Waals surface area contributed by atoms with Crippen molar-refractivity contribution in [3.05, 3.63) is 89.9 Å². The lowest BCUT2D eigenvalue weighted by Crippen LogP contribution is -2.26. The van der Waals surface area contributed by atoms with Gasteiger partial charge in [0.15, 0.2) is 5.82 Å². The number of aromatic nitrogens is 5. The normalized spacial score (nSPS) is 16.0. The van der Waals surface area contributed by atoms with Gasteiger partial charge in [-0.3, -0.25) is 0 Å². The van der Waals surface area contributed by atoms with Crippen molar-refractivity contribution in [1.82, 2.24) is 29.6 Å². The van der Waals surface area contributed by atoms with Gasteiger partial charge in [-0.2, -0.15) is 5.10 Å². The van der Waals surface area contributed by atoms with Crippen LogP contribution in [0.25, 0.3) is 11.5 Å². The average molecular weight is 384 g/mol. The molecule has 146 valence electrons. The minimum Gasteiger partial charge on any atom is -0.303 e. The zero-order chi connectivity index (χ0) is 19.6. The van der Waals surface area contributed by atoms with Gasteiger partial charge in [-0.15, -0.1) is 0 Å². The molecule has 1 aromatic carbocycles. The lowest BCUT2D eigenvalue weighted by Gasteiger charge is -2.24. The van der Waals surface area contributed by atoms with Gasteiger partial charge >= 0.3 is 0 Å². The molecule has 0 radical (unpaired) electrons. The third-order valence-corrected chi connectivity index (χ3v) is 5.55. The minimum atomic E-state index is 0.277. The summed E-state index contributed by atoms with van der Waals surface area (Å²) in [6.45, 7) is 2.82. The summed E-state index contributed by atoms with van der Waals surface area (Å²) in [7, 11) is 0. The second-order valence-electron chi connectivity index (χ2n) is 7.52. The number of nitrogens with one attached hydrogen (secondary N) is 1. The van der Waals surface area contributed by atoms with E-state index in [9.17, 15) is 0 Å². The van der Waals surface area contributed by atoms with Crippen molar-refractivity contribution in [2.75, 3.05) is 0 Å². The second-order valence-corrected chi connectivity index (χ2v) is 7.52. The molecule has 0 saturated carbocycles. The first-order valence-electron chi connectivity index (χ1n) is 10.1. The Balaban J connectivity index is 1.37. The second kappa shape index (κ2) is 7.64. The summed E-state index contributed by atoms with van der Waals surface area (Å²) in [4.78, 5) is 9.04. The molecule has 0 bridgehead atoms. The van der Waals surface area contributed by atoms with E-state index in [4.69, 9.17) is 0 Å². The summed E-state index contributed by atoms with van der Waals surface area (Å²) in [5.41, 5.74) is 4.92. The Hall–Kier alpha value is -3.25. The maximum absolute atomic E-state index is 4.63. The fourth-order valence-corrected chi connectivity index (χ4v) is 4.14. The summed E-state index contributed by atoms with van der Waals surface area (Å²) < 4.78 is 4.14. The Morgan fingerprint density at radius 3 is 2.93 bits per heavy atom. The maximum Gasteiger partial charge on any atom is 0.153 e. The molecule has 0 spiro atoms. The van der Waals surface area contributed by atoms with Gasteiger partial charge in [0.1, 0.15) is 5.82 Å². The van der Waals surface area contributed by atoms with E-state index in [2.05, 4.69) is 56.1 Å². The van der Waals surface area contributed by atoms with Gasteiger partial charge < -0.3 is 9.88 Å². The summed E-state index contributed by atoms with van der Waals surface area (Å²) in [5.74, 6) is 1.89. The third kappa shape index (κ3) is 3.47. The van der Waals surface area contributed by atoms with Gasteiger partial charge in [-0.1, -0.05) is 18.2 Å². The predicted octanol–water partition coefficient (Wildman–Crippen LogP) is 3.93. The van der Waals surface area contributed by atoms with Crippen molar-refractivity contribution in [3.63, 3.8) is 0 Å². The number of rotatable bonds is 5. The monoisotopic (exact) mass is 384 g/mol. The molecule has 0 fully saturated rings. The largest absolute Gasteiger partial charge is 0.303 e. The van der Waals surface area contributed by atoms with Crippen LogP contribution in [0, 0.1) is 6.92 Å². The molecule has 29 heavy (non-hydrogen) atoms. The topological polar surface area (TPSA) is 60.6 Å². The van der Waals surface area contributed by atoms with E-state index in [1.54, 1.807) is 0 Å². The highest BCUT2D eigenvalue weighted by atomic mass is 15.3. The van der Waals surface area contributed by atoms with Crippen LogP contribution in [0.4, 0.5) is 0 Å². The highest BCUT2D eigenvalue weighted by Crippen LogP contribution is 2.31. The smallest absolute Gasteiger partial charge is 0.153 e. The number of hydrogen-bond acceptors (Lipinski definition) is 4. The Morgan fingerprint density at radius 2 is 2.07 bits per heavy atom. The highest BCUT2D eigenvalue weighted by molar-refractivity contribution is 5.37. The molecular formula is C23H24N6. The lowest BCUT2D eigenvalue weighted by molar-refractivity contribution is 0.447. The van der Waals surface area contributed by atoms with Crippen molar-refractivity contribution in [3.8, 4) is 11.5 Å². The molecule has 0 aliphatic heterocycles. The maximum atomic E-state index is 4.63. The summed E-state index contributed by atoms with van der Waals surface area (Å²) in [6.07, 6.45) is 11.0. The first kappa shape index (κ1) is 17.8. The minimum absolute atomic E-state index is 0.277. The molecule has 1 atom stereocenters. The van der Waals surface area contributed by atoms with E-state index in [0.29, 0.717) is 6.54 Å². The quantitative estimate of drug-likeness (QED) is 0.566. The molecule has 0 saturated heterocycles. The van der Waals surface area contributed by atoms with Crippen LogP contribution in [-0.4, -0.2) is 24.3 Å². The molecule has 6 nitrogen and oxygen atoms in total. The van der Waals surface area contributed by atoms with E-state index in [1.807, 2.05) is 47.7 Å². The van der Waals surface area contributed by atoms with Crippen molar-refractivity contribution < 1.29 is 0 Å². The molecular weight excluding hydrogens is 360 g/mol. The van der Waals surface area contributed by atoms with Crippen LogP contribution in [-0.2, 0) is 13.0 Å². The Morgan fingerprint density at radius 1 is 1.10 bits per heavy atom. The van der Waals surface area contributed by atoms with E-state index in [1.165, 1.54) is 16.8 Å². The van der Waals surface area contributed by atoms with Gasteiger partial charge in [-0.05, 0) is 56.0 Å². The predicted molar refractivity (Wildman–Crippen MR) is 112 cm³/mol. The molecule has 1 aliphatic rings. The van der Waals surface area contributed by atoms with Gasteiger partial charge in [-0.25, -0.2) is 14.6 Å². The number of nitrogens with zero attached hydrogens (tertiary/aromatic N) is 5.